The van der Waals surface area contributed by atoms with Crippen molar-refractivity contribution in [2.45, 2.75) is 266 Å². The second-order valence-corrected chi connectivity index (χ2v) is 16.5. The van der Waals surface area contributed by atoms with Crippen LogP contribution in [0, 0.1) is 23.7 Å². The zero-order chi connectivity index (χ0) is 33.1. The van der Waals surface area contributed by atoms with Gasteiger partial charge in [-0.3, -0.25) is 0 Å². The van der Waals surface area contributed by atoms with E-state index in [1.807, 2.05) is 0 Å². The maximum absolute atomic E-state index is 2.52. The summed E-state index contributed by atoms with van der Waals surface area (Å²) in [5.74, 6) is 3.79. The Hall–Kier alpha value is 0. The van der Waals surface area contributed by atoms with Crippen LogP contribution < -0.4 is 0 Å². The van der Waals surface area contributed by atoms with E-state index in [2.05, 4.69) is 41.5 Å². The highest BCUT2D eigenvalue weighted by atomic mass is 14.1. The van der Waals surface area contributed by atoms with Crippen molar-refractivity contribution in [1.29, 1.82) is 0 Å². The monoisotopic (exact) mass is 633 g/mol. The molecule has 0 saturated carbocycles. The molecule has 0 saturated heterocycles. The zero-order valence-electron chi connectivity index (χ0n) is 33.1. The molecule has 0 N–H and O–H groups in total. The van der Waals surface area contributed by atoms with Crippen LogP contribution in [-0.4, -0.2) is 0 Å². The van der Waals surface area contributed by atoms with Gasteiger partial charge in [-0.25, -0.2) is 0 Å². The van der Waals surface area contributed by atoms with E-state index in [9.17, 15) is 0 Å². The third kappa shape index (κ3) is 36.7. The molecule has 0 aliphatic carbocycles. The van der Waals surface area contributed by atoms with E-state index in [1.165, 1.54) is 225 Å². The van der Waals surface area contributed by atoms with Crippen LogP contribution >= 0.6 is 0 Å². The molecular weight excluding hydrogens is 540 g/mol. The molecule has 0 aromatic heterocycles. The predicted molar refractivity (Wildman–Crippen MR) is 210 cm³/mol. The molecule has 0 rings (SSSR count). The summed E-state index contributed by atoms with van der Waals surface area (Å²) in [6, 6.07) is 0. The van der Waals surface area contributed by atoms with Crippen molar-refractivity contribution >= 4 is 0 Å². The first-order valence-corrected chi connectivity index (χ1v) is 22.0. The van der Waals surface area contributed by atoms with Gasteiger partial charge in [0.1, 0.15) is 0 Å². The lowest BCUT2D eigenvalue weighted by Crippen LogP contribution is -2.00. The van der Waals surface area contributed by atoms with Crippen molar-refractivity contribution in [3.05, 3.63) is 0 Å². The highest BCUT2D eigenvalue weighted by Gasteiger charge is 2.07. The Labute approximate surface area is 289 Å². The van der Waals surface area contributed by atoms with Gasteiger partial charge in [0.05, 0.1) is 0 Å². The summed E-state index contributed by atoms with van der Waals surface area (Å²) < 4.78 is 0. The molecular formula is C45H92. The normalized spacial score (nSPS) is 14.5. The van der Waals surface area contributed by atoms with Crippen molar-refractivity contribution in [2.75, 3.05) is 0 Å². The molecule has 272 valence electrons. The van der Waals surface area contributed by atoms with Gasteiger partial charge >= 0.3 is 0 Å². The van der Waals surface area contributed by atoms with Gasteiger partial charge in [0, 0.05) is 0 Å². The van der Waals surface area contributed by atoms with Crippen molar-refractivity contribution in [2.24, 2.45) is 23.7 Å². The highest BCUT2D eigenvalue weighted by molar-refractivity contribution is 4.61. The molecule has 0 radical (unpaired) electrons. The molecule has 4 atom stereocenters. The van der Waals surface area contributed by atoms with Crippen LogP contribution in [0.3, 0.4) is 0 Å². The molecule has 0 nitrogen and oxygen atoms in total. The fourth-order valence-electron chi connectivity index (χ4n) is 7.52. The molecule has 0 aromatic carbocycles. The topological polar surface area (TPSA) is 0 Å². The van der Waals surface area contributed by atoms with E-state index < -0.39 is 0 Å². The average Bonchev–Trinajstić information content (AvgIpc) is 3.03. The van der Waals surface area contributed by atoms with Gasteiger partial charge in [0.25, 0.3) is 0 Å². The van der Waals surface area contributed by atoms with Gasteiger partial charge in [-0.1, -0.05) is 266 Å². The third-order valence-electron chi connectivity index (χ3n) is 11.4. The molecule has 0 spiro atoms. The first-order chi connectivity index (χ1) is 22.0. The van der Waals surface area contributed by atoms with Crippen LogP contribution in [-0.2, 0) is 0 Å². The van der Waals surface area contributed by atoms with Crippen LogP contribution in [0.15, 0.2) is 0 Å². The Morgan fingerprint density at radius 1 is 0.222 bits per heavy atom. The molecule has 0 aliphatic heterocycles. The number of hydrogen-bond acceptors (Lipinski definition) is 0. The Balaban J connectivity index is 3.31. The lowest BCUT2D eigenvalue weighted by atomic mass is 9.91. The van der Waals surface area contributed by atoms with Crippen LogP contribution in [0.4, 0.5) is 0 Å². The van der Waals surface area contributed by atoms with Gasteiger partial charge in [-0.15, -0.1) is 0 Å². The summed E-state index contributed by atoms with van der Waals surface area (Å²) in [4.78, 5) is 0. The lowest BCUT2D eigenvalue weighted by Gasteiger charge is -2.15. The van der Waals surface area contributed by atoms with E-state index in [-0.39, 0.29) is 0 Å². The Morgan fingerprint density at radius 2 is 0.422 bits per heavy atom. The molecule has 0 aliphatic rings. The molecule has 4 unspecified atom stereocenters. The Bertz CT molecular complexity index is 522. The third-order valence-corrected chi connectivity index (χ3v) is 11.4. The summed E-state index contributed by atoms with van der Waals surface area (Å²) in [7, 11) is 0. The van der Waals surface area contributed by atoms with Crippen LogP contribution in [0.25, 0.3) is 0 Å². The summed E-state index contributed by atoms with van der Waals surface area (Å²) in [6.07, 6.45) is 51.5. The highest BCUT2D eigenvalue weighted by Crippen LogP contribution is 2.23. The zero-order valence-corrected chi connectivity index (χ0v) is 33.1. The van der Waals surface area contributed by atoms with E-state index in [1.54, 1.807) is 0 Å². The number of unbranched alkanes of at least 4 members (excludes halogenated alkanes) is 23. The van der Waals surface area contributed by atoms with E-state index in [0.29, 0.717) is 0 Å². The first-order valence-electron chi connectivity index (χ1n) is 22.0. The minimum Gasteiger partial charge on any atom is -0.0654 e. The molecule has 0 bridgehead atoms. The molecule has 45 heavy (non-hydrogen) atoms. The molecule has 0 aromatic rings. The fraction of sp³-hybridized carbons (Fsp3) is 1.00. The smallest absolute Gasteiger partial charge is 0.0443 e. The summed E-state index contributed by atoms with van der Waals surface area (Å²) in [5, 5.41) is 0. The largest absolute Gasteiger partial charge is 0.0654 e. The predicted octanol–water partition coefficient (Wildman–Crippen LogP) is 17.2. The van der Waals surface area contributed by atoms with Gasteiger partial charge in [-0.05, 0) is 23.7 Å². The molecule has 0 heterocycles. The minimum atomic E-state index is 0.936. The van der Waals surface area contributed by atoms with Gasteiger partial charge in [0.2, 0.25) is 0 Å². The summed E-state index contributed by atoms with van der Waals surface area (Å²) in [6.45, 7) is 14.6. The second kappa shape index (κ2) is 36.8. The standard InChI is InChI=1S/C45H92/c1-7-9-10-11-12-13-14-15-16-17-18-19-20-21-22-23-25-29-36-43(4)37-30-26-24-27-31-38-44(5)40-34-41-45(6)39-33-28-32-35-42(3)8-2/h42-45H,7-41H2,1-6H3. The lowest BCUT2D eigenvalue weighted by molar-refractivity contribution is 0.386. The fourth-order valence-corrected chi connectivity index (χ4v) is 7.52. The van der Waals surface area contributed by atoms with Crippen LogP contribution in [0.5, 0.6) is 0 Å². The summed E-state index contributed by atoms with van der Waals surface area (Å²) in [5.41, 5.74) is 0. The number of hydrogen-bond donors (Lipinski definition) is 0. The van der Waals surface area contributed by atoms with Crippen LogP contribution in [0.2, 0.25) is 0 Å². The van der Waals surface area contributed by atoms with E-state index in [0.717, 1.165) is 23.7 Å². The number of rotatable bonds is 38. The quantitative estimate of drug-likeness (QED) is 0.0594. The van der Waals surface area contributed by atoms with Crippen molar-refractivity contribution in [3.8, 4) is 0 Å². The molecule has 0 amide bonds. The average molecular weight is 633 g/mol. The van der Waals surface area contributed by atoms with Gasteiger partial charge in [0.15, 0.2) is 0 Å². The van der Waals surface area contributed by atoms with E-state index >= 15 is 0 Å². The first kappa shape index (κ1) is 45.0. The summed E-state index contributed by atoms with van der Waals surface area (Å²) >= 11 is 0. The maximum atomic E-state index is 2.52. The second-order valence-electron chi connectivity index (χ2n) is 16.5. The van der Waals surface area contributed by atoms with E-state index in [4.69, 9.17) is 0 Å². The van der Waals surface area contributed by atoms with Crippen molar-refractivity contribution < 1.29 is 0 Å². The Kier molecular flexibility index (Phi) is 36.8. The molecule has 0 fully saturated rings. The van der Waals surface area contributed by atoms with Crippen molar-refractivity contribution in [3.63, 3.8) is 0 Å². The van der Waals surface area contributed by atoms with Gasteiger partial charge in [-0.2, -0.15) is 0 Å². The Morgan fingerprint density at radius 3 is 0.689 bits per heavy atom. The minimum absolute atomic E-state index is 0.936. The van der Waals surface area contributed by atoms with Crippen LogP contribution in [0.1, 0.15) is 266 Å². The maximum Gasteiger partial charge on any atom is -0.0443 e. The van der Waals surface area contributed by atoms with Gasteiger partial charge < -0.3 is 0 Å². The SMILES string of the molecule is CCCCCCCCCCCCCCCCCCCCC(C)CCCCCCCC(C)CCCC(C)CCCCCC(C)CC. The molecule has 0 heteroatoms. The van der Waals surface area contributed by atoms with Crippen molar-refractivity contribution in [1.82, 2.24) is 0 Å².